The Labute approximate surface area is 117 Å². The Morgan fingerprint density at radius 2 is 2.15 bits per heavy atom. The average molecular weight is 276 g/mol. The normalized spacial score (nSPS) is 12.7. The molecule has 2 aromatic rings. The summed E-state index contributed by atoms with van der Waals surface area (Å²) >= 11 is 0. The molecule has 1 aliphatic rings. The van der Waals surface area contributed by atoms with Crippen LogP contribution < -0.4 is 24.5 Å². The summed E-state index contributed by atoms with van der Waals surface area (Å²) in [6.45, 7) is 1.75. The molecule has 0 saturated heterocycles. The lowest BCUT2D eigenvalue weighted by molar-refractivity contribution is -0.671. The minimum absolute atomic E-state index is 0.239. The van der Waals surface area contributed by atoms with Crippen LogP contribution in [-0.4, -0.2) is 18.0 Å². The van der Waals surface area contributed by atoms with Gasteiger partial charge in [0, 0.05) is 18.6 Å². The molecule has 0 amide bonds. The van der Waals surface area contributed by atoms with Crippen LogP contribution in [0.1, 0.15) is 6.42 Å². The summed E-state index contributed by atoms with van der Waals surface area (Å²) < 4.78 is 20.4. The summed E-state index contributed by atoms with van der Waals surface area (Å²) in [5.41, 5.74) is 6.49. The van der Waals surface area contributed by atoms with Crippen molar-refractivity contribution in [3.8, 4) is 17.2 Å². The highest BCUT2D eigenvalue weighted by molar-refractivity contribution is 5.62. The molecule has 1 aliphatic heterocycles. The lowest BCUT2D eigenvalue weighted by Crippen LogP contribution is -2.23. The van der Waals surface area contributed by atoms with Gasteiger partial charge in [-0.05, 0) is 0 Å². The molecule has 1 aromatic carbocycles. The van der Waals surface area contributed by atoms with Gasteiger partial charge in [0.2, 0.25) is 13.1 Å². The number of nitrogens with zero attached hydrogens (tertiary/aromatic N) is 2. The quantitative estimate of drug-likeness (QED) is 0.504. The molecule has 20 heavy (non-hydrogen) atoms. The zero-order valence-corrected chi connectivity index (χ0v) is 11.4. The molecule has 1 aromatic heterocycles. The van der Waals surface area contributed by atoms with Crippen LogP contribution in [0.15, 0.2) is 30.9 Å². The van der Waals surface area contributed by atoms with Gasteiger partial charge in [-0.3, -0.25) is 0 Å². The first kappa shape index (κ1) is 12.7. The number of ether oxygens (including phenoxy) is 3. The van der Waals surface area contributed by atoms with E-state index in [1.165, 1.54) is 0 Å². The molecule has 0 unspecified atom stereocenters. The molecule has 0 aliphatic carbocycles. The summed E-state index contributed by atoms with van der Waals surface area (Å²) in [6, 6.07) is 3.52. The molecule has 106 valence electrons. The molecule has 0 fully saturated rings. The molecule has 0 radical (unpaired) electrons. The Morgan fingerprint density at radius 3 is 2.90 bits per heavy atom. The van der Waals surface area contributed by atoms with E-state index in [0.29, 0.717) is 29.5 Å². The predicted molar refractivity (Wildman–Crippen MR) is 72.7 cm³/mol. The van der Waals surface area contributed by atoms with E-state index < -0.39 is 0 Å². The van der Waals surface area contributed by atoms with E-state index in [4.69, 9.17) is 19.9 Å². The number of hydrogen-bond acceptors (Lipinski definition) is 4. The fourth-order valence-electron chi connectivity index (χ4n) is 2.13. The zero-order chi connectivity index (χ0) is 13.9. The van der Waals surface area contributed by atoms with Gasteiger partial charge in [0.05, 0.1) is 25.9 Å². The lowest BCUT2D eigenvalue weighted by Gasteiger charge is -2.09. The maximum absolute atomic E-state index is 5.92. The summed E-state index contributed by atoms with van der Waals surface area (Å²) in [4.78, 5) is 0. The maximum Gasteiger partial charge on any atom is 0.243 e. The summed E-state index contributed by atoms with van der Waals surface area (Å²) in [6.07, 6.45) is 6.99. The van der Waals surface area contributed by atoms with Crippen LogP contribution in [-0.2, 0) is 13.6 Å². The second kappa shape index (κ2) is 5.32. The van der Waals surface area contributed by atoms with E-state index >= 15 is 0 Å². The van der Waals surface area contributed by atoms with Crippen molar-refractivity contribution >= 4 is 5.69 Å². The average Bonchev–Trinajstić information content (AvgIpc) is 3.03. The first-order valence-electron chi connectivity index (χ1n) is 6.55. The van der Waals surface area contributed by atoms with Crippen molar-refractivity contribution in [1.82, 2.24) is 4.57 Å². The number of nitrogens with two attached hydrogens (primary N) is 1. The van der Waals surface area contributed by atoms with Crippen molar-refractivity contribution in [2.45, 2.75) is 13.0 Å². The third kappa shape index (κ3) is 2.64. The van der Waals surface area contributed by atoms with Gasteiger partial charge in [0.15, 0.2) is 11.5 Å². The molecule has 0 spiro atoms. The first-order valence-corrected chi connectivity index (χ1v) is 6.55. The van der Waals surface area contributed by atoms with Crippen LogP contribution in [0.2, 0.25) is 0 Å². The van der Waals surface area contributed by atoms with E-state index in [9.17, 15) is 0 Å². The van der Waals surface area contributed by atoms with Gasteiger partial charge >= 0.3 is 0 Å². The van der Waals surface area contributed by atoms with Gasteiger partial charge in [-0.2, -0.15) is 0 Å². The van der Waals surface area contributed by atoms with Crippen molar-refractivity contribution in [1.29, 1.82) is 0 Å². The van der Waals surface area contributed by atoms with E-state index in [2.05, 4.69) is 4.57 Å². The topological polar surface area (TPSA) is 62.5 Å². The van der Waals surface area contributed by atoms with Gasteiger partial charge < -0.3 is 19.9 Å². The van der Waals surface area contributed by atoms with Crippen LogP contribution in [0, 0.1) is 0 Å². The highest BCUT2D eigenvalue weighted by Crippen LogP contribution is 2.39. The summed E-state index contributed by atoms with van der Waals surface area (Å²) in [5, 5.41) is 0. The molecule has 0 bridgehead atoms. The van der Waals surface area contributed by atoms with Gasteiger partial charge in [-0.25, -0.2) is 9.13 Å². The summed E-state index contributed by atoms with van der Waals surface area (Å²) in [5.74, 6) is 2.01. The Hall–Kier alpha value is -2.37. The van der Waals surface area contributed by atoms with Gasteiger partial charge in [-0.1, -0.05) is 0 Å². The van der Waals surface area contributed by atoms with Crippen LogP contribution in [0.5, 0.6) is 17.2 Å². The fourth-order valence-corrected chi connectivity index (χ4v) is 2.13. The number of rotatable bonds is 5. The van der Waals surface area contributed by atoms with E-state index in [-0.39, 0.29) is 6.79 Å². The Kier molecular flexibility index (Phi) is 3.37. The van der Waals surface area contributed by atoms with Crippen molar-refractivity contribution in [2.24, 2.45) is 7.05 Å². The SMILES string of the molecule is C[n+]1ccn(CCCOc2cc3c(cc2N)OCO3)c1. The molecule has 0 saturated carbocycles. The molecule has 2 N–H and O–H groups in total. The minimum atomic E-state index is 0.239. The monoisotopic (exact) mass is 276 g/mol. The molecule has 6 heteroatoms. The van der Waals surface area contributed by atoms with Crippen molar-refractivity contribution in [3.63, 3.8) is 0 Å². The number of hydrogen-bond donors (Lipinski definition) is 1. The van der Waals surface area contributed by atoms with Crippen molar-refractivity contribution < 1.29 is 18.8 Å². The lowest BCUT2D eigenvalue weighted by atomic mass is 10.2. The first-order chi connectivity index (χ1) is 9.72. The Balaban J connectivity index is 1.53. The fraction of sp³-hybridized carbons (Fsp3) is 0.357. The van der Waals surface area contributed by atoms with Gasteiger partial charge in [-0.15, -0.1) is 0 Å². The third-order valence-electron chi connectivity index (χ3n) is 3.15. The highest BCUT2D eigenvalue weighted by atomic mass is 16.7. The van der Waals surface area contributed by atoms with Crippen LogP contribution in [0.25, 0.3) is 0 Å². The molecule has 0 atom stereocenters. The van der Waals surface area contributed by atoms with Crippen molar-refractivity contribution in [2.75, 3.05) is 19.1 Å². The van der Waals surface area contributed by atoms with Gasteiger partial charge in [0.25, 0.3) is 0 Å². The second-order valence-corrected chi connectivity index (χ2v) is 4.76. The minimum Gasteiger partial charge on any atom is -0.491 e. The number of imidazole rings is 1. The standard InChI is InChI=1S/C14H18N3O3/c1-16-4-5-17(9-16)3-2-6-18-12-8-14-13(7-11(12)15)19-10-20-14/h4-5,7-9H,2-3,6,10,15H2,1H3/q+1. The number of aromatic nitrogens is 2. The number of anilines is 1. The zero-order valence-electron chi connectivity index (χ0n) is 11.4. The van der Waals surface area contributed by atoms with Crippen LogP contribution >= 0.6 is 0 Å². The molecule has 2 heterocycles. The number of aryl methyl sites for hydroxylation is 2. The number of nitrogen functional groups attached to an aromatic ring is 1. The second-order valence-electron chi connectivity index (χ2n) is 4.76. The largest absolute Gasteiger partial charge is 0.491 e. The third-order valence-corrected chi connectivity index (χ3v) is 3.15. The van der Waals surface area contributed by atoms with E-state index in [0.717, 1.165) is 13.0 Å². The smallest absolute Gasteiger partial charge is 0.243 e. The molecular weight excluding hydrogens is 258 g/mol. The van der Waals surface area contributed by atoms with Crippen molar-refractivity contribution in [3.05, 3.63) is 30.9 Å². The number of fused-ring (bicyclic) bond motifs is 1. The van der Waals surface area contributed by atoms with Crippen LogP contribution in [0.3, 0.4) is 0 Å². The van der Waals surface area contributed by atoms with E-state index in [1.54, 1.807) is 12.1 Å². The Morgan fingerprint density at radius 1 is 1.35 bits per heavy atom. The molecular formula is C14H18N3O3+. The van der Waals surface area contributed by atoms with E-state index in [1.807, 2.05) is 30.3 Å². The predicted octanol–water partition coefficient (Wildman–Crippen LogP) is 1.09. The summed E-state index contributed by atoms with van der Waals surface area (Å²) in [7, 11) is 2.00. The highest BCUT2D eigenvalue weighted by Gasteiger charge is 2.16. The van der Waals surface area contributed by atoms with Gasteiger partial charge in [0.1, 0.15) is 18.1 Å². The maximum atomic E-state index is 5.92. The molecule has 3 rings (SSSR count). The Bertz CT molecular complexity index is 610. The molecule has 6 nitrogen and oxygen atoms in total. The van der Waals surface area contributed by atoms with Crippen LogP contribution in [0.4, 0.5) is 5.69 Å². The number of benzene rings is 1.